The number of nitrogens with one attached hydrogen (secondary N) is 4. The fourth-order valence-electron chi connectivity index (χ4n) is 4.51. The maximum absolute atomic E-state index is 11.5. The minimum absolute atomic E-state index is 0.0644. The van der Waals surface area contributed by atoms with Gasteiger partial charge in [-0.25, -0.2) is 13.2 Å². The predicted octanol–water partition coefficient (Wildman–Crippen LogP) is -2.95. The van der Waals surface area contributed by atoms with E-state index >= 15 is 0 Å². The Morgan fingerprint density at radius 3 is 2.75 bits per heavy atom. The second-order valence-corrected chi connectivity index (χ2v) is 8.48. The van der Waals surface area contributed by atoms with Gasteiger partial charge in [0.1, 0.15) is 18.2 Å². The lowest BCUT2D eigenvalue weighted by Crippen LogP contribution is -2.60. The van der Waals surface area contributed by atoms with Crippen LogP contribution in [0.4, 0.5) is 0 Å². The van der Waals surface area contributed by atoms with Gasteiger partial charge in [-0.05, 0) is 0 Å². The van der Waals surface area contributed by atoms with Crippen molar-refractivity contribution in [3.63, 3.8) is 0 Å². The van der Waals surface area contributed by atoms with Crippen molar-refractivity contribution in [2.75, 3.05) is 6.54 Å². The summed E-state index contributed by atoms with van der Waals surface area (Å²) in [5.74, 6) is 0.491. The third-order valence-electron chi connectivity index (χ3n) is 5.76. The van der Waals surface area contributed by atoms with Gasteiger partial charge in [0.05, 0.1) is 24.4 Å². The highest BCUT2D eigenvalue weighted by molar-refractivity contribution is 7.80. The Labute approximate surface area is 159 Å². The number of guanidine groups is 1. The summed E-state index contributed by atoms with van der Waals surface area (Å²) in [5, 5.41) is 17.1. The van der Waals surface area contributed by atoms with Gasteiger partial charge in [0, 0.05) is 24.8 Å². The highest BCUT2D eigenvalue weighted by atomic mass is 32.3. The van der Waals surface area contributed by atoms with E-state index < -0.39 is 39.9 Å². The van der Waals surface area contributed by atoms with E-state index in [1.165, 1.54) is 0 Å². The zero-order chi connectivity index (χ0) is 20.2. The molecular weight excluding hydrogens is 394 g/mol. The first-order chi connectivity index (χ1) is 13.1. The molecule has 1 unspecified atom stereocenters. The molecule has 0 bridgehead atoms. The Kier molecular flexibility index (Phi) is 4.56. The van der Waals surface area contributed by atoms with Gasteiger partial charge < -0.3 is 14.6 Å². The van der Waals surface area contributed by atoms with Gasteiger partial charge in [-0.2, -0.15) is 0 Å². The summed E-state index contributed by atoms with van der Waals surface area (Å²) in [7, 11) is -4.83. The zero-order valence-corrected chi connectivity index (χ0v) is 15.7. The molecule has 1 saturated heterocycles. The van der Waals surface area contributed by atoms with Crippen molar-refractivity contribution in [3.8, 4) is 0 Å². The van der Waals surface area contributed by atoms with Crippen LogP contribution in [0.5, 0.6) is 0 Å². The smallest absolute Gasteiger partial charge is 0.346 e. The number of aliphatic hydroxyl groups is 1. The molecule has 0 radical (unpaired) electrons. The molecule has 0 spiro atoms. The lowest BCUT2D eigenvalue weighted by atomic mass is 9.82. The minimum atomic E-state index is -4.83. The minimum Gasteiger partial charge on any atom is -0.726 e. The summed E-state index contributed by atoms with van der Waals surface area (Å²) >= 11 is 0. The molecule has 0 aliphatic carbocycles. The monoisotopic (exact) mass is 415 g/mol. The quantitative estimate of drug-likeness (QED) is 0.195. The third-order valence-corrected chi connectivity index (χ3v) is 6.24. The van der Waals surface area contributed by atoms with E-state index in [-0.39, 0.29) is 23.7 Å². The van der Waals surface area contributed by atoms with Gasteiger partial charge in [-0.15, -0.1) is 0 Å². The Morgan fingerprint density at radius 1 is 1.32 bits per heavy atom. The predicted molar refractivity (Wildman–Crippen MR) is 93.4 cm³/mol. The molecule has 0 aromatic carbocycles. The van der Waals surface area contributed by atoms with Crippen LogP contribution in [0.2, 0.25) is 0 Å². The van der Waals surface area contributed by atoms with Crippen LogP contribution in [0.1, 0.15) is 31.6 Å². The van der Waals surface area contributed by atoms with Crippen LogP contribution in [0.3, 0.4) is 0 Å². The Bertz CT molecular complexity index is 1000. The van der Waals surface area contributed by atoms with Crippen molar-refractivity contribution in [1.29, 1.82) is 0 Å². The highest BCUT2D eigenvalue weighted by Crippen LogP contribution is 2.35. The summed E-state index contributed by atoms with van der Waals surface area (Å²) in [4.78, 5) is 27.5. The zero-order valence-electron chi connectivity index (χ0n) is 14.9. The van der Waals surface area contributed by atoms with Crippen LogP contribution in [-0.2, 0) is 14.6 Å². The molecule has 3 aliphatic heterocycles. The van der Waals surface area contributed by atoms with Crippen LogP contribution in [0, 0.1) is 5.92 Å². The molecule has 5 N–H and O–H groups in total. The Morgan fingerprint density at radius 2 is 2.07 bits per heavy atom. The maximum Gasteiger partial charge on any atom is 0.346 e. The number of nitrogens with zero attached hydrogens (tertiary/aromatic N) is 1. The van der Waals surface area contributed by atoms with Crippen LogP contribution >= 0.6 is 0 Å². The van der Waals surface area contributed by atoms with Crippen LogP contribution in [-0.4, -0.2) is 69.4 Å². The summed E-state index contributed by atoms with van der Waals surface area (Å²) in [6, 6.07) is 0.324. The number of hydrogen-bond donors (Lipinski definition) is 5. The molecule has 12 nitrogen and oxygen atoms in total. The van der Waals surface area contributed by atoms with Gasteiger partial charge in [0.25, 0.3) is 5.56 Å². The molecule has 6 atom stereocenters. The van der Waals surface area contributed by atoms with Crippen molar-refractivity contribution < 1.29 is 26.8 Å². The topological polar surface area (TPSA) is 179 Å². The SMILES string of the molecule is C[C@H]1[C@@H](OS(=O)(=O)[O-])C[C@@H]2C[C@H](C(O)c3cc(=O)[nH]c(=O)[nH]3)NC3=[N+]2[C@@H]1CN3. The number of aromatic nitrogens is 2. The largest absolute Gasteiger partial charge is 0.726 e. The molecule has 1 aromatic rings. The second kappa shape index (κ2) is 6.69. The molecule has 4 rings (SSSR count). The first-order valence-electron chi connectivity index (χ1n) is 8.94. The van der Waals surface area contributed by atoms with E-state index in [1.54, 1.807) is 0 Å². The average Bonchev–Trinajstić information content (AvgIpc) is 3.01. The fourth-order valence-corrected chi connectivity index (χ4v) is 5.06. The van der Waals surface area contributed by atoms with Crippen molar-refractivity contribution in [3.05, 3.63) is 32.6 Å². The van der Waals surface area contributed by atoms with Crippen LogP contribution in [0.25, 0.3) is 0 Å². The van der Waals surface area contributed by atoms with Gasteiger partial charge in [0.2, 0.25) is 10.4 Å². The molecule has 1 aromatic heterocycles. The first kappa shape index (κ1) is 19.1. The van der Waals surface area contributed by atoms with Crippen molar-refractivity contribution in [2.24, 2.45) is 5.92 Å². The molecule has 3 aliphatic rings. The van der Waals surface area contributed by atoms with E-state index in [0.29, 0.717) is 25.3 Å². The number of aliphatic hydroxyl groups excluding tert-OH is 1. The molecule has 4 heterocycles. The molecule has 13 heteroatoms. The lowest BCUT2D eigenvalue weighted by Gasteiger charge is -2.42. The van der Waals surface area contributed by atoms with Crippen molar-refractivity contribution >= 4 is 16.4 Å². The molecule has 1 fully saturated rings. The van der Waals surface area contributed by atoms with Gasteiger partial charge in [0.15, 0.2) is 0 Å². The van der Waals surface area contributed by atoms with Gasteiger partial charge in [-0.1, -0.05) is 6.92 Å². The van der Waals surface area contributed by atoms with Gasteiger partial charge >= 0.3 is 11.6 Å². The highest BCUT2D eigenvalue weighted by Gasteiger charge is 2.51. The van der Waals surface area contributed by atoms with E-state index in [4.69, 9.17) is 4.18 Å². The number of aromatic amines is 2. The van der Waals surface area contributed by atoms with E-state index in [0.717, 1.165) is 6.07 Å². The fraction of sp³-hybridized carbons (Fsp3) is 0.667. The van der Waals surface area contributed by atoms with Crippen LogP contribution in [0.15, 0.2) is 15.7 Å². The number of rotatable bonds is 4. The van der Waals surface area contributed by atoms with E-state index in [9.17, 15) is 27.7 Å². The van der Waals surface area contributed by atoms with E-state index in [1.807, 2.05) is 11.9 Å². The average molecular weight is 415 g/mol. The Balaban J connectivity index is 1.61. The summed E-state index contributed by atoms with van der Waals surface area (Å²) in [5.41, 5.74) is -1.26. The summed E-state index contributed by atoms with van der Waals surface area (Å²) < 4.78 is 40.2. The molecule has 154 valence electrons. The van der Waals surface area contributed by atoms with Gasteiger partial charge in [-0.3, -0.25) is 29.2 Å². The summed E-state index contributed by atoms with van der Waals surface area (Å²) in [6.07, 6.45) is -1.25. The summed E-state index contributed by atoms with van der Waals surface area (Å²) in [6.45, 7) is 2.37. The second-order valence-electron chi connectivity index (χ2n) is 7.47. The first-order valence-corrected chi connectivity index (χ1v) is 10.3. The number of piperidine rings is 1. The third kappa shape index (κ3) is 3.45. The molecule has 0 saturated carbocycles. The van der Waals surface area contributed by atoms with Crippen molar-refractivity contribution in [1.82, 2.24) is 20.6 Å². The van der Waals surface area contributed by atoms with Crippen LogP contribution < -0.4 is 21.9 Å². The molecular formula is C15H21N5O7S. The normalized spacial score (nSPS) is 33.0. The van der Waals surface area contributed by atoms with Crippen molar-refractivity contribution in [2.45, 2.75) is 50.1 Å². The number of hydrogen-bond acceptors (Lipinski definition) is 9. The maximum atomic E-state index is 11.5. The lowest BCUT2D eigenvalue weighted by molar-refractivity contribution is -0.621. The van der Waals surface area contributed by atoms with E-state index in [2.05, 4.69) is 20.2 Å². The molecule has 0 amide bonds. The number of H-pyrrole nitrogens is 2. The molecule has 28 heavy (non-hydrogen) atoms. The Hall–Kier alpha value is -2.22. The standard InChI is InChI=1S/C15H21N5O7S/c1-6-10-5-16-14-17-8(13(22)9-4-12(21)19-15(23)18-9)2-7(20(10)14)3-11(6)27-28(24,25)26/h4,6-8,10-11,13,22H,2-3,5H2,1H3,(H4,16,17,18,19,21,23,24,25,26)/t6-,7+,8-,10-,11+,13?/m1/s1.